The third kappa shape index (κ3) is 4.38. The largest absolute Gasteiger partial charge is 0.490 e. The van der Waals surface area contributed by atoms with Crippen LogP contribution in [-0.2, 0) is 6.54 Å². The summed E-state index contributed by atoms with van der Waals surface area (Å²) in [6, 6.07) is 14.7. The lowest BCUT2D eigenvalue weighted by Crippen LogP contribution is -2.39. The molecule has 1 heterocycles. The molecule has 1 aliphatic rings. The fraction of sp³-hybridized carbons (Fsp3) is 0.350. The van der Waals surface area contributed by atoms with Crippen LogP contribution in [0, 0.1) is 6.92 Å². The Morgan fingerprint density at radius 1 is 1.24 bits per heavy atom. The van der Waals surface area contributed by atoms with Crippen molar-refractivity contribution in [2.24, 2.45) is 0 Å². The third-order valence-electron chi connectivity index (χ3n) is 4.58. The van der Waals surface area contributed by atoms with Gasteiger partial charge >= 0.3 is 5.97 Å². The van der Waals surface area contributed by atoms with Gasteiger partial charge in [-0.3, -0.25) is 4.90 Å². The smallest absolute Gasteiger partial charge is 0.335 e. The molecule has 5 nitrogen and oxygen atoms in total. The predicted octanol–water partition coefficient (Wildman–Crippen LogP) is 2.71. The van der Waals surface area contributed by atoms with Crippen LogP contribution in [0.5, 0.6) is 5.75 Å². The van der Waals surface area contributed by atoms with E-state index in [2.05, 4.69) is 4.90 Å². The molecule has 0 aliphatic carbocycles. The molecule has 25 heavy (non-hydrogen) atoms. The number of ether oxygens (including phenoxy) is 1. The zero-order chi connectivity index (χ0) is 17.9. The van der Waals surface area contributed by atoms with E-state index in [4.69, 9.17) is 9.84 Å². The molecule has 3 rings (SSSR count). The topological polar surface area (TPSA) is 70.0 Å². The molecule has 0 aromatic heterocycles. The molecule has 132 valence electrons. The quantitative estimate of drug-likeness (QED) is 0.845. The SMILES string of the molecule is Cc1ccccc1OCC1(O)CCN(Cc2cccc(C(=O)O)c2)C1. The van der Waals surface area contributed by atoms with Crippen molar-refractivity contribution in [1.82, 2.24) is 4.90 Å². The van der Waals surface area contributed by atoms with Gasteiger partial charge in [0.15, 0.2) is 0 Å². The average Bonchev–Trinajstić information content (AvgIpc) is 2.95. The Kier molecular flexibility index (Phi) is 5.06. The van der Waals surface area contributed by atoms with Gasteiger partial charge in [-0.05, 0) is 42.7 Å². The van der Waals surface area contributed by atoms with Gasteiger partial charge < -0.3 is 14.9 Å². The fourth-order valence-electron chi connectivity index (χ4n) is 3.18. The Morgan fingerprint density at radius 2 is 2.04 bits per heavy atom. The van der Waals surface area contributed by atoms with Crippen LogP contribution in [0.25, 0.3) is 0 Å². The molecule has 1 saturated heterocycles. The molecule has 2 aromatic rings. The Labute approximate surface area is 147 Å². The van der Waals surface area contributed by atoms with Crippen LogP contribution in [0.4, 0.5) is 0 Å². The van der Waals surface area contributed by atoms with Gasteiger partial charge in [-0.15, -0.1) is 0 Å². The van der Waals surface area contributed by atoms with Gasteiger partial charge in [0, 0.05) is 19.6 Å². The van der Waals surface area contributed by atoms with Crippen molar-refractivity contribution < 1.29 is 19.7 Å². The van der Waals surface area contributed by atoms with Gasteiger partial charge in [0.2, 0.25) is 0 Å². The predicted molar refractivity (Wildman–Crippen MR) is 94.9 cm³/mol. The molecule has 1 atom stereocenters. The van der Waals surface area contributed by atoms with Crippen LogP contribution >= 0.6 is 0 Å². The van der Waals surface area contributed by atoms with Crippen molar-refractivity contribution in [1.29, 1.82) is 0 Å². The highest BCUT2D eigenvalue weighted by Gasteiger charge is 2.36. The highest BCUT2D eigenvalue weighted by molar-refractivity contribution is 5.87. The van der Waals surface area contributed by atoms with Crippen molar-refractivity contribution in [3.63, 3.8) is 0 Å². The number of β-amino-alcohol motifs (C(OH)–C–C–N with tert-alkyl or cyclic N) is 1. The van der Waals surface area contributed by atoms with E-state index in [1.165, 1.54) is 0 Å². The number of aliphatic hydroxyl groups is 1. The van der Waals surface area contributed by atoms with Crippen molar-refractivity contribution in [2.45, 2.75) is 25.5 Å². The number of aryl methyl sites for hydroxylation is 1. The molecule has 0 spiro atoms. The van der Waals surface area contributed by atoms with Gasteiger partial charge in [-0.25, -0.2) is 4.79 Å². The number of benzene rings is 2. The standard InChI is InChI=1S/C20H23NO4/c1-15-5-2-3-8-18(15)25-14-20(24)9-10-21(13-20)12-16-6-4-7-17(11-16)19(22)23/h2-8,11,24H,9-10,12-14H2,1H3,(H,22,23). The second kappa shape index (κ2) is 7.25. The van der Waals surface area contributed by atoms with Gasteiger partial charge in [0.1, 0.15) is 18.0 Å². The lowest BCUT2D eigenvalue weighted by atomic mass is 10.1. The summed E-state index contributed by atoms with van der Waals surface area (Å²) in [5.74, 6) is -0.130. The summed E-state index contributed by atoms with van der Waals surface area (Å²) < 4.78 is 5.82. The Bertz CT molecular complexity index is 761. The number of nitrogens with zero attached hydrogens (tertiary/aromatic N) is 1. The molecule has 2 aromatic carbocycles. The molecule has 2 N–H and O–H groups in total. The Morgan fingerprint density at radius 3 is 2.80 bits per heavy atom. The molecule has 0 bridgehead atoms. The molecule has 0 saturated carbocycles. The van der Waals surface area contributed by atoms with Crippen molar-refractivity contribution >= 4 is 5.97 Å². The zero-order valence-electron chi connectivity index (χ0n) is 14.3. The monoisotopic (exact) mass is 341 g/mol. The minimum atomic E-state index is -0.925. The maximum absolute atomic E-state index is 11.1. The molecule has 1 aliphatic heterocycles. The Balaban J connectivity index is 1.58. The lowest BCUT2D eigenvalue weighted by Gasteiger charge is -2.24. The summed E-state index contributed by atoms with van der Waals surface area (Å²) in [6.45, 7) is 4.12. The first kappa shape index (κ1) is 17.5. The van der Waals surface area contributed by atoms with E-state index in [0.717, 1.165) is 23.4 Å². The zero-order valence-corrected chi connectivity index (χ0v) is 14.3. The molecular weight excluding hydrogens is 318 g/mol. The van der Waals surface area contributed by atoms with Crippen molar-refractivity contribution in [2.75, 3.05) is 19.7 Å². The van der Waals surface area contributed by atoms with E-state index < -0.39 is 11.6 Å². The lowest BCUT2D eigenvalue weighted by molar-refractivity contribution is 0.00319. The molecule has 0 amide bonds. The van der Waals surface area contributed by atoms with E-state index in [-0.39, 0.29) is 12.2 Å². The van der Waals surface area contributed by atoms with Crippen LogP contribution in [0.15, 0.2) is 48.5 Å². The van der Waals surface area contributed by atoms with Gasteiger partial charge in [-0.1, -0.05) is 30.3 Å². The van der Waals surface area contributed by atoms with Crippen LogP contribution in [-0.4, -0.2) is 46.4 Å². The minimum absolute atomic E-state index is 0.253. The second-order valence-electron chi connectivity index (χ2n) is 6.74. The Hall–Kier alpha value is -2.37. The average molecular weight is 341 g/mol. The van der Waals surface area contributed by atoms with Crippen LogP contribution < -0.4 is 4.74 Å². The van der Waals surface area contributed by atoms with Crippen molar-refractivity contribution in [3.05, 3.63) is 65.2 Å². The summed E-state index contributed by atoms with van der Waals surface area (Å²) in [5.41, 5.74) is 1.39. The van der Waals surface area contributed by atoms with E-state index >= 15 is 0 Å². The first-order valence-electron chi connectivity index (χ1n) is 8.41. The number of hydrogen-bond donors (Lipinski definition) is 2. The number of para-hydroxylation sites is 1. The second-order valence-corrected chi connectivity index (χ2v) is 6.74. The van der Waals surface area contributed by atoms with Crippen molar-refractivity contribution in [3.8, 4) is 5.75 Å². The fourth-order valence-corrected chi connectivity index (χ4v) is 3.18. The van der Waals surface area contributed by atoms with Gasteiger partial charge in [-0.2, -0.15) is 0 Å². The first-order chi connectivity index (χ1) is 12.0. The maximum Gasteiger partial charge on any atom is 0.335 e. The molecule has 1 unspecified atom stereocenters. The summed E-state index contributed by atoms with van der Waals surface area (Å²) in [6.07, 6.45) is 0.636. The van der Waals surface area contributed by atoms with Gasteiger partial charge in [0.25, 0.3) is 0 Å². The molecular formula is C20H23NO4. The number of carboxylic acid groups (broad SMARTS) is 1. The number of carboxylic acids is 1. The van der Waals surface area contributed by atoms with Gasteiger partial charge in [0.05, 0.1) is 5.56 Å². The van der Waals surface area contributed by atoms with Crippen LogP contribution in [0.1, 0.15) is 27.9 Å². The summed E-state index contributed by atoms with van der Waals surface area (Å²) in [5, 5.41) is 19.9. The van der Waals surface area contributed by atoms with E-state index in [1.54, 1.807) is 18.2 Å². The third-order valence-corrected chi connectivity index (χ3v) is 4.58. The number of hydrogen-bond acceptors (Lipinski definition) is 4. The number of likely N-dealkylation sites (tertiary alicyclic amines) is 1. The number of rotatable bonds is 6. The molecule has 5 heteroatoms. The summed E-state index contributed by atoms with van der Waals surface area (Å²) >= 11 is 0. The number of aromatic carboxylic acids is 1. The van der Waals surface area contributed by atoms with E-state index in [0.29, 0.717) is 19.5 Å². The van der Waals surface area contributed by atoms with Crippen LogP contribution in [0.3, 0.4) is 0 Å². The van der Waals surface area contributed by atoms with E-state index in [1.807, 2.05) is 37.3 Å². The van der Waals surface area contributed by atoms with Crippen LogP contribution in [0.2, 0.25) is 0 Å². The highest BCUT2D eigenvalue weighted by atomic mass is 16.5. The minimum Gasteiger partial charge on any atom is -0.490 e. The highest BCUT2D eigenvalue weighted by Crippen LogP contribution is 2.25. The summed E-state index contributed by atoms with van der Waals surface area (Å²) in [7, 11) is 0. The first-order valence-corrected chi connectivity index (χ1v) is 8.41. The summed E-state index contributed by atoms with van der Waals surface area (Å²) in [4.78, 5) is 13.2. The number of carbonyl (C=O) groups is 1. The van der Waals surface area contributed by atoms with E-state index in [9.17, 15) is 9.90 Å². The maximum atomic E-state index is 11.1. The normalized spacial score (nSPS) is 20.6. The molecule has 1 fully saturated rings. The molecule has 0 radical (unpaired) electrons.